The number of halogens is 3. The monoisotopic (exact) mass is 282 g/mol. The second kappa shape index (κ2) is 5.24. The Hall–Kier alpha value is -2.14. The lowest BCUT2D eigenvalue weighted by molar-refractivity contribution is 0.102. The predicted molar refractivity (Wildman–Crippen MR) is 70.2 cm³/mol. The molecule has 0 aromatic heterocycles. The Bertz CT molecular complexity index is 647. The Morgan fingerprint density at radius 3 is 2.53 bits per heavy atom. The van der Waals surface area contributed by atoms with Crippen LogP contribution < -0.4 is 11.1 Å². The van der Waals surface area contributed by atoms with Gasteiger partial charge >= 0.3 is 0 Å². The molecule has 2 aromatic rings. The van der Waals surface area contributed by atoms with E-state index in [9.17, 15) is 13.6 Å². The molecule has 0 saturated carbocycles. The number of hydrogen-bond acceptors (Lipinski definition) is 2. The second-order valence-electron chi connectivity index (χ2n) is 3.82. The topological polar surface area (TPSA) is 55.1 Å². The van der Waals surface area contributed by atoms with E-state index in [1.165, 1.54) is 18.2 Å². The molecule has 2 rings (SSSR count). The summed E-state index contributed by atoms with van der Waals surface area (Å²) in [5.41, 5.74) is 5.94. The van der Waals surface area contributed by atoms with Gasteiger partial charge in [0.1, 0.15) is 11.6 Å². The Labute approximate surface area is 113 Å². The van der Waals surface area contributed by atoms with Crippen LogP contribution >= 0.6 is 11.6 Å². The van der Waals surface area contributed by atoms with Crippen molar-refractivity contribution in [3.63, 3.8) is 0 Å². The Morgan fingerprint density at radius 1 is 1.16 bits per heavy atom. The van der Waals surface area contributed by atoms with Crippen molar-refractivity contribution < 1.29 is 13.6 Å². The quantitative estimate of drug-likeness (QED) is 0.829. The Balaban J connectivity index is 2.25. The molecule has 0 unspecified atom stereocenters. The van der Waals surface area contributed by atoms with Crippen molar-refractivity contribution in [1.82, 2.24) is 0 Å². The highest BCUT2D eigenvalue weighted by molar-refractivity contribution is 6.34. The summed E-state index contributed by atoms with van der Waals surface area (Å²) >= 11 is 5.86. The summed E-state index contributed by atoms with van der Waals surface area (Å²) < 4.78 is 26.1. The van der Waals surface area contributed by atoms with Crippen molar-refractivity contribution in [2.45, 2.75) is 0 Å². The van der Waals surface area contributed by atoms with Crippen LogP contribution in [0.5, 0.6) is 0 Å². The number of anilines is 2. The van der Waals surface area contributed by atoms with E-state index in [4.69, 9.17) is 17.3 Å². The van der Waals surface area contributed by atoms with Gasteiger partial charge in [-0.1, -0.05) is 11.6 Å². The minimum absolute atomic E-state index is 0.126. The van der Waals surface area contributed by atoms with E-state index in [1.54, 1.807) is 0 Å². The molecule has 1 amide bonds. The van der Waals surface area contributed by atoms with Crippen molar-refractivity contribution in [2.24, 2.45) is 0 Å². The molecule has 0 saturated heterocycles. The first kappa shape index (κ1) is 13.3. The lowest BCUT2D eigenvalue weighted by Crippen LogP contribution is -2.13. The summed E-state index contributed by atoms with van der Waals surface area (Å²) in [5.74, 6) is -2.18. The summed E-state index contributed by atoms with van der Waals surface area (Å²) in [5, 5.41) is 2.46. The molecule has 3 nitrogen and oxygen atoms in total. The molecule has 0 radical (unpaired) electrons. The van der Waals surface area contributed by atoms with Gasteiger partial charge in [-0.25, -0.2) is 8.78 Å². The summed E-state index contributed by atoms with van der Waals surface area (Å²) in [6, 6.07) is 7.20. The molecule has 3 N–H and O–H groups in total. The molecule has 0 aliphatic heterocycles. The van der Waals surface area contributed by atoms with Crippen molar-refractivity contribution in [3.8, 4) is 0 Å². The number of carbonyl (C=O) groups is 1. The summed E-state index contributed by atoms with van der Waals surface area (Å²) in [6.07, 6.45) is 0. The third-order valence-electron chi connectivity index (χ3n) is 2.42. The maximum absolute atomic E-state index is 13.4. The molecular weight excluding hydrogens is 274 g/mol. The molecule has 2 aromatic carbocycles. The number of nitrogens with one attached hydrogen (secondary N) is 1. The number of amides is 1. The van der Waals surface area contributed by atoms with Crippen LogP contribution in [0.3, 0.4) is 0 Å². The zero-order valence-corrected chi connectivity index (χ0v) is 10.3. The molecule has 0 fully saturated rings. The highest BCUT2D eigenvalue weighted by Gasteiger charge is 2.13. The Kier molecular flexibility index (Phi) is 3.66. The Morgan fingerprint density at radius 2 is 1.89 bits per heavy atom. The minimum atomic E-state index is -0.861. The lowest BCUT2D eigenvalue weighted by Gasteiger charge is -2.08. The fourth-order valence-electron chi connectivity index (χ4n) is 1.50. The van der Waals surface area contributed by atoms with Crippen LogP contribution in [-0.2, 0) is 0 Å². The van der Waals surface area contributed by atoms with Gasteiger partial charge in [0.25, 0.3) is 5.91 Å². The maximum Gasteiger partial charge on any atom is 0.257 e. The van der Waals surface area contributed by atoms with E-state index in [0.717, 1.165) is 12.1 Å². The van der Waals surface area contributed by atoms with Gasteiger partial charge in [-0.15, -0.1) is 0 Å². The van der Waals surface area contributed by atoms with E-state index in [-0.39, 0.29) is 16.3 Å². The first-order valence-corrected chi connectivity index (χ1v) is 5.66. The van der Waals surface area contributed by atoms with Crippen molar-refractivity contribution in [2.75, 3.05) is 11.1 Å². The van der Waals surface area contributed by atoms with Crippen LogP contribution in [0.1, 0.15) is 10.4 Å². The molecule has 0 aliphatic carbocycles. The maximum atomic E-state index is 13.4. The van der Waals surface area contributed by atoms with Gasteiger partial charge < -0.3 is 11.1 Å². The standard InChI is InChI=1S/C13H9ClF2N2O/c14-10-6-8(17)2-3-9(10)13(19)18-12-4-1-7(15)5-11(12)16/h1-6H,17H2,(H,18,19). The van der Waals surface area contributed by atoms with E-state index in [1.807, 2.05) is 0 Å². The number of hydrogen-bond donors (Lipinski definition) is 2. The van der Waals surface area contributed by atoms with E-state index < -0.39 is 17.5 Å². The molecule has 19 heavy (non-hydrogen) atoms. The smallest absolute Gasteiger partial charge is 0.257 e. The van der Waals surface area contributed by atoms with E-state index in [0.29, 0.717) is 11.8 Å². The second-order valence-corrected chi connectivity index (χ2v) is 4.22. The van der Waals surface area contributed by atoms with Gasteiger partial charge in [0.2, 0.25) is 0 Å². The van der Waals surface area contributed by atoms with E-state index >= 15 is 0 Å². The summed E-state index contributed by atoms with van der Waals surface area (Å²) in [7, 11) is 0. The number of benzene rings is 2. The average Bonchev–Trinajstić information content (AvgIpc) is 2.32. The van der Waals surface area contributed by atoms with Crippen molar-refractivity contribution in [1.29, 1.82) is 0 Å². The minimum Gasteiger partial charge on any atom is -0.399 e. The molecule has 0 atom stereocenters. The van der Waals surface area contributed by atoms with Gasteiger partial charge in [0.15, 0.2) is 0 Å². The van der Waals surface area contributed by atoms with Crippen molar-refractivity contribution in [3.05, 3.63) is 58.6 Å². The average molecular weight is 283 g/mol. The molecule has 6 heteroatoms. The molecule has 0 heterocycles. The third-order valence-corrected chi connectivity index (χ3v) is 2.73. The van der Waals surface area contributed by atoms with Crippen LogP contribution in [0.4, 0.5) is 20.2 Å². The van der Waals surface area contributed by atoms with Gasteiger partial charge in [-0.3, -0.25) is 4.79 Å². The highest BCUT2D eigenvalue weighted by atomic mass is 35.5. The fraction of sp³-hybridized carbons (Fsp3) is 0. The van der Waals surface area contributed by atoms with Crippen LogP contribution in [0.2, 0.25) is 5.02 Å². The van der Waals surface area contributed by atoms with Crippen LogP contribution in [0, 0.1) is 11.6 Å². The first-order chi connectivity index (χ1) is 8.97. The van der Waals surface area contributed by atoms with Crippen LogP contribution in [0.15, 0.2) is 36.4 Å². The van der Waals surface area contributed by atoms with Crippen molar-refractivity contribution >= 4 is 28.9 Å². The van der Waals surface area contributed by atoms with Crippen LogP contribution in [-0.4, -0.2) is 5.91 Å². The summed E-state index contributed by atoms with van der Waals surface area (Å²) in [6.45, 7) is 0. The van der Waals surface area contributed by atoms with E-state index in [2.05, 4.69) is 5.32 Å². The fourth-order valence-corrected chi connectivity index (χ4v) is 1.77. The molecule has 0 aliphatic rings. The molecule has 98 valence electrons. The third kappa shape index (κ3) is 3.00. The van der Waals surface area contributed by atoms with Gasteiger partial charge in [0.05, 0.1) is 16.3 Å². The predicted octanol–water partition coefficient (Wildman–Crippen LogP) is 3.45. The first-order valence-electron chi connectivity index (χ1n) is 5.29. The normalized spacial score (nSPS) is 10.3. The summed E-state index contributed by atoms with van der Waals surface area (Å²) in [4.78, 5) is 11.9. The molecular formula is C13H9ClF2N2O. The number of nitrogens with two attached hydrogens (primary N) is 1. The largest absolute Gasteiger partial charge is 0.399 e. The van der Waals surface area contributed by atoms with Gasteiger partial charge in [-0.05, 0) is 30.3 Å². The number of rotatable bonds is 2. The lowest BCUT2D eigenvalue weighted by atomic mass is 10.2. The number of carbonyl (C=O) groups excluding carboxylic acids is 1. The zero-order valence-electron chi connectivity index (χ0n) is 9.58. The molecule has 0 bridgehead atoms. The zero-order chi connectivity index (χ0) is 14.0. The van der Waals surface area contributed by atoms with Gasteiger partial charge in [0, 0.05) is 11.8 Å². The highest BCUT2D eigenvalue weighted by Crippen LogP contribution is 2.21. The SMILES string of the molecule is Nc1ccc(C(=O)Nc2ccc(F)cc2F)c(Cl)c1. The number of nitrogen functional groups attached to an aromatic ring is 1. The molecule has 0 spiro atoms. The van der Waals surface area contributed by atoms with Crippen LogP contribution in [0.25, 0.3) is 0 Å². The van der Waals surface area contributed by atoms with Gasteiger partial charge in [-0.2, -0.15) is 0 Å².